The van der Waals surface area contributed by atoms with Gasteiger partial charge in [-0.1, -0.05) is 25.1 Å². The molecule has 116 valence electrons. The Hall–Kier alpha value is -1.49. The molecule has 0 aliphatic heterocycles. The fourth-order valence-electron chi connectivity index (χ4n) is 1.86. The smallest absolute Gasteiger partial charge is 0.325 e. The molecule has 0 aliphatic carbocycles. The van der Waals surface area contributed by atoms with Crippen molar-refractivity contribution in [3.8, 4) is 0 Å². The SMILES string of the molecule is CCCN(CC(=O)OCC)C(=O)CCSc1ccccc1. The number of benzene rings is 1. The maximum Gasteiger partial charge on any atom is 0.325 e. The van der Waals surface area contributed by atoms with Gasteiger partial charge in [0.1, 0.15) is 6.54 Å². The van der Waals surface area contributed by atoms with E-state index in [-0.39, 0.29) is 18.4 Å². The Morgan fingerprint density at radius 2 is 1.90 bits per heavy atom. The number of amides is 1. The van der Waals surface area contributed by atoms with Crippen LogP contribution in [0.2, 0.25) is 0 Å². The third-order valence-electron chi connectivity index (χ3n) is 2.80. The minimum atomic E-state index is -0.338. The lowest BCUT2D eigenvalue weighted by Crippen LogP contribution is -2.37. The third-order valence-corrected chi connectivity index (χ3v) is 3.81. The number of hydrogen-bond acceptors (Lipinski definition) is 4. The van der Waals surface area contributed by atoms with E-state index in [1.54, 1.807) is 23.6 Å². The Balaban J connectivity index is 2.39. The van der Waals surface area contributed by atoms with Crippen molar-refractivity contribution < 1.29 is 14.3 Å². The lowest BCUT2D eigenvalue weighted by Gasteiger charge is -2.21. The zero-order chi connectivity index (χ0) is 15.5. The Kier molecular flexibility index (Phi) is 8.59. The molecule has 0 fully saturated rings. The summed E-state index contributed by atoms with van der Waals surface area (Å²) in [6.45, 7) is 4.74. The summed E-state index contributed by atoms with van der Waals surface area (Å²) < 4.78 is 4.90. The molecule has 4 nitrogen and oxygen atoms in total. The monoisotopic (exact) mass is 309 g/mol. The normalized spacial score (nSPS) is 10.2. The average Bonchev–Trinajstić information content (AvgIpc) is 2.48. The number of ether oxygens (including phenoxy) is 1. The van der Waals surface area contributed by atoms with Crippen molar-refractivity contribution in [1.82, 2.24) is 4.90 Å². The molecule has 1 aromatic carbocycles. The van der Waals surface area contributed by atoms with E-state index < -0.39 is 0 Å². The first-order valence-corrected chi connectivity index (χ1v) is 8.27. The Bertz CT molecular complexity index is 436. The second kappa shape index (κ2) is 10.3. The van der Waals surface area contributed by atoms with Gasteiger partial charge in [0.15, 0.2) is 0 Å². The second-order valence-corrected chi connectivity index (χ2v) is 5.70. The quantitative estimate of drug-likeness (QED) is 0.520. The van der Waals surface area contributed by atoms with Crippen molar-refractivity contribution in [3.63, 3.8) is 0 Å². The van der Waals surface area contributed by atoms with Crippen LogP contribution in [0.3, 0.4) is 0 Å². The zero-order valence-corrected chi connectivity index (χ0v) is 13.5. The molecule has 0 bridgehead atoms. The molecular weight excluding hydrogens is 286 g/mol. The molecule has 0 spiro atoms. The van der Waals surface area contributed by atoms with Crippen LogP contribution in [0.25, 0.3) is 0 Å². The maximum atomic E-state index is 12.2. The summed E-state index contributed by atoms with van der Waals surface area (Å²) in [6.07, 6.45) is 1.26. The number of rotatable bonds is 9. The molecule has 1 rings (SSSR count). The highest BCUT2D eigenvalue weighted by Crippen LogP contribution is 2.18. The first-order chi connectivity index (χ1) is 10.2. The van der Waals surface area contributed by atoms with E-state index in [4.69, 9.17) is 4.74 Å². The largest absolute Gasteiger partial charge is 0.465 e. The summed E-state index contributed by atoms with van der Waals surface area (Å²) in [6, 6.07) is 9.98. The van der Waals surface area contributed by atoms with E-state index in [9.17, 15) is 9.59 Å². The van der Waals surface area contributed by atoms with Crippen LogP contribution in [0.1, 0.15) is 26.7 Å². The zero-order valence-electron chi connectivity index (χ0n) is 12.7. The van der Waals surface area contributed by atoms with Crippen molar-refractivity contribution in [1.29, 1.82) is 0 Å². The molecular formula is C16H23NO3S. The molecule has 0 saturated carbocycles. The van der Waals surface area contributed by atoms with Crippen LogP contribution in [-0.4, -0.2) is 42.2 Å². The predicted octanol–water partition coefficient (Wildman–Crippen LogP) is 2.97. The molecule has 21 heavy (non-hydrogen) atoms. The van der Waals surface area contributed by atoms with E-state index in [0.29, 0.717) is 25.3 Å². The van der Waals surface area contributed by atoms with Crippen molar-refractivity contribution in [2.45, 2.75) is 31.6 Å². The fourth-order valence-corrected chi connectivity index (χ4v) is 2.72. The summed E-state index contributed by atoms with van der Waals surface area (Å²) >= 11 is 1.65. The Morgan fingerprint density at radius 3 is 2.52 bits per heavy atom. The van der Waals surface area contributed by atoms with E-state index in [2.05, 4.69) is 0 Å². The minimum Gasteiger partial charge on any atom is -0.465 e. The summed E-state index contributed by atoms with van der Waals surface area (Å²) in [7, 11) is 0. The lowest BCUT2D eigenvalue weighted by atomic mass is 10.3. The number of thioether (sulfide) groups is 1. The summed E-state index contributed by atoms with van der Waals surface area (Å²) in [5.74, 6) is 0.384. The van der Waals surface area contributed by atoms with Gasteiger partial charge in [-0.05, 0) is 25.5 Å². The van der Waals surface area contributed by atoms with Crippen LogP contribution >= 0.6 is 11.8 Å². The molecule has 1 amide bonds. The lowest BCUT2D eigenvalue weighted by molar-refractivity contribution is -0.148. The molecule has 0 atom stereocenters. The van der Waals surface area contributed by atoms with Crippen LogP contribution in [0.5, 0.6) is 0 Å². The topological polar surface area (TPSA) is 46.6 Å². The van der Waals surface area contributed by atoms with Gasteiger partial charge >= 0.3 is 5.97 Å². The number of esters is 1. The molecule has 0 unspecified atom stereocenters. The molecule has 0 heterocycles. The van der Waals surface area contributed by atoms with Crippen molar-refractivity contribution >= 4 is 23.6 Å². The molecule has 0 N–H and O–H groups in total. The highest BCUT2D eigenvalue weighted by Gasteiger charge is 2.16. The van der Waals surface area contributed by atoms with Crippen LogP contribution in [0.4, 0.5) is 0 Å². The standard InChI is InChI=1S/C16H23NO3S/c1-3-11-17(13-16(19)20-4-2)15(18)10-12-21-14-8-6-5-7-9-14/h5-9H,3-4,10-13H2,1-2H3. The van der Waals surface area contributed by atoms with Gasteiger partial charge in [-0.3, -0.25) is 9.59 Å². The minimum absolute atomic E-state index is 0.00772. The van der Waals surface area contributed by atoms with E-state index in [1.165, 1.54) is 0 Å². The maximum absolute atomic E-state index is 12.2. The Labute approximate surface area is 130 Å². The molecule has 0 aliphatic rings. The van der Waals surface area contributed by atoms with Gasteiger partial charge in [-0.2, -0.15) is 0 Å². The van der Waals surface area contributed by atoms with Gasteiger partial charge in [0.2, 0.25) is 5.91 Å². The second-order valence-electron chi connectivity index (χ2n) is 4.53. The van der Waals surface area contributed by atoms with Crippen molar-refractivity contribution in [2.75, 3.05) is 25.4 Å². The molecule has 0 aromatic heterocycles. The highest BCUT2D eigenvalue weighted by molar-refractivity contribution is 7.99. The van der Waals surface area contributed by atoms with E-state index in [0.717, 1.165) is 11.3 Å². The summed E-state index contributed by atoms with van der Waals surface area (Å²) in [5.41, 5.74) is 0. The number of carbonyl (C=O) groups is 2. The predicted molar refractivity (Wildman–Crippen MR) is 85.3 cm³/mol. The summed E-state index contributed by atoms with van der Waals surface area (Å²) in [4.78, 5) is 26.4. The van der Waals surface area contributed by atoms with Crippen LogP contribution in [0, 0.1) is 0 Å². The number of nitrogens with zero attached hydrogens (tertiary/aromatic N) is 1. The summed E-state index contributed by atoms with van der Waals surface area (Å²) in [5, 5.41) is 0. The van der Waals surface area contributed by atoms with Gasteiger partial charge in [-0.25, -0.2) is 0 Å². The first kappa shape index (κ1) is 17.6. The van der Waals surface area contributed by atoms with E-state index in [1.807, 2.05) is 37.3 Å². The van der Waals surface area contributed by atoms with Gasteiger partial charge < -0.3 is 9.64 Å². The third kappa shape index (κ3) is 7.18. The highest BCUT2D eigenvalue weighted by atomic mass is 32.2. The Morgan fingerprint density at radius 1 is 1.19 bits per heavy atom. The van der Waals surface area contributed by atoms with Crippen LogP contribution in [-0.2, 0) is 14.3 Å². The van der Waals surface area contributed by atoms with Crippen molar-refractivity contribution in [2.24, 2.45) is 0 Å². The molecule has 5 heteroatoms. The van der Waals surface area contributed by atoms with E-state index >= 15 is 0 Å². The fraction of sp³-hybridized carbons (Fsp3) is 0.500. The first-order valence-electron chi connectivity index (χ1n) is 7.28. The molecule has 1 aromatic rings. The average molecular weight is 309 g/mol. The number of carbonyl (C=O) groups excluding carboxylic acids is 2. The number of hydrogen-bond donors (Lipinski definition) is 0. The van der Waals surface area contributed by atoms with Gasteiger partial charge in [0.25, 0.3) is 0 Å². The van der Waals surface area contributed by atoms with Gasteiger partial charge in [0, 0.05) is 23.6 Å². The van der Waals surface area contributed by atoms with Crippen molar-refractivity contribution in [3.05, 3.63) is 30.3 Å². The van der Waals surface area contributed by atoms with Crippen LogP contribution in [0.15, 0.2) is 35.2 Å². The van der Waals surface area contributed by atoms with Crippen LogP contribution < -0.4 is 0 Å². The molecule has 0 radical (unpaired) electrons. The van der Waals surface area contributed by atoms with Gasteiger partial charge in [-0.15, -0.1) is 11.8 Å². The molecule has 0 saturated heterocycles. The van der Waals surface area contributed by atoms with Gasteiger partial charge in [0.05, 0.1) is 6.61 Å².